The summed E-state index contributed by atoms with van der Waals surface area (Å²) in [6, 6.07) is 7.63. The zero-order chi connectivity index (χ0) is 11.5. The predicted molar refractivity (Wildman–Crippen MR) is 61.8 cm³/mol. The summed E-state index contributed by atoms with van der Waals surface area (Å²) >= 11 is 0. The monoisotopic (exact) mass is 220 g/mol. The van der Waals surface area contributed by atoms with Crippen molar-refractivity contribution in [1.29, 1.82) is 0 Å². The van der Waals surface area contributed by atoms with Gasteiger partial charge in [0.25, 0.3) is 0 Å². The van der Waals surface area contributed by atoms with Crippen molar-refractivity contribution in [3.05, 3.63) is 29.8 Å². The summed E-state index contributed by atoms with van der Waals surface area (Å²) in [5, 5.41) is 0. The van der Waals surface area contributed by atoms with Crippen LogP contribution in [0.5, 0.6) is 0 Å². The molecule has 2 N–H and O–H groups in total. The van der Waals surface area contributed by atoms with Crippen LogP contribution < -0.4 is 5.73 Å². The van der Waals surface area contributed by atoms with E-state index < -0.39 is 0 Å². The first-order valence-electron chi connectivity index (χ1n) is 5.38. The van der Waals surface area contributed by atoms with Gasteiger partial charge in [-0.05, 0) is 6.07 Å². The molecular weight excluding hydrogens is 204 g/mol. The number of nitrogens with zero attached hydrogens (tertiary/aromatic N) is 1. The van der Waals surface area contributed by atoms with Gasteiger partial charge in [-0.1, -0.05) is 18.2 Å². The smallest absolute Gasteiger partial charge is 0.224 e. The van der Waals surface area contributed by atoms with Gasteiger partial charge >= 0.3 is 0 Å². The average Bonchev–Trinajstić information content (AvgIpc) is 2.43. The lowest BCUT2D eigenvalue weighted by Crippen LogP contribution is -2.28. The third kappa shape index (κ3) is 2.17. The summed E-state index contributed by atoms with van der Waals surface area (Å²) < 4.78 is 5.67. The number of anilines is 1. The van der Waals surface area contributed by atoms with Gasteiger partial charge in [0.2, 0.25) is 5.91 Å². The molecule has 1 fully saturated rings. The van der Waals surface area contributed by atoms with E-state index in [0.717, 1.165) is 11.3 Å². The fourth-order valence-electron chi connectivity index (χ4n) is 1.87. The number of carbonyl (C=O) groups excluding carboxylic acids is 1. The molecule has 0 radical (unpaired) electrons. The standard InChI is InChI=1S/C12H16N2O2/c1-14-8-11(16-7-6-12(14)15)9-4-2-3-5-10(9)13/h2-5,11H,6-8,13H2,1H3. The molecule has 1 aliphatic heterocycles. The van der Waals surface area contributed by atoms with Gasteiger partial charge in [-0.2, -0.15) is 0 Å². The first kappa shape index (κ1) is 11.0. The molecule has 1 heterocycles. The lowest BCUT2D eigenvalue weighted by molar-refractivity contribution is -0.129. The molecule has 0 saturated carbocycles. The Labute approximate surface area is 95.0 Å². The van der Waals surface area contributed by atoms with Crippen molar-refractivity contribution in [1.82, 2.24) is 4.90 Å². The zero-order valence-electron chi connectivity index (χ0n) is 9.35. The lowest BCUT2D eigenvalue weighted by atomic mass is 10.1. The SMILES string of the molecule is CN1CC(c2ccccc2N)OCCC1=O. The van der Waals surface area contributed by atoms with Crippen molar-refractivity contribution in [2.75, 3.05) is 25.9 Å². The van der Waals surface area contributed by atoms with Gasteiger partial charge in [0, 0.05) is 18.3 Å². The van der Waals surface area contributed by atoms with E-state index in [1.165, 1.54) is 0 Å². The number of ether oxygens (including phenoxy) is 1. The number of para-hydroxylation sites is 1. The Morgan fingerprint density at radius 3 is 2.94 bits per heavy atom. The van der Waals surface area contributed by atoms with Crippen molar-refractivity contribution < 1.29 is 9.53 Å². The molecule has 2 rings (SSSR count). The Hall–Kier alpha value is -1.55. The summed E-state index contributed by atoms with van der Waals surface area (Å²) in [5.41, 5.74) is 7.58. The maximum absolute atomic E-state index is 11.5. The second kappa shape index (κ2) is 4.53. The Bertz CT molecular complexity index is 392. The van der Waals surface area contributed by atoms with Crippen molar-refractivity contribution in [3.8, 4) is 0 Å². The van der Waals surface area contributed by atoms with Crippen LogP contribution in [0.15, 0.2) is 24.3 Å². The minimum atomic E-state index is -0.113. The van der Waals surface area contributed by atoms with Crippen molar-refractivity contribution >= 4 is 11.6 Å². The molecule has 0 aromatic heterocycles. The topological polar surface area (TPSA) is 55.6 Å². The Morgan fingerprint density at radius 1 is 1.44 bits per heavy atom. The molecule has 0 aliphatic carbocycles. The first-order valence-corrected chi connectivity index (χ1v) is 5.38. The normalized spacial score (nSPS) is 21.9. The molecule has 16 heavy (non-hydrogen) atoms. The number of benzene rings is 1. The van der Waals surface area contributed by atoms with Crippen LogP contribution in [-0.2, 0) is 9.53 Å². The van der Waals surface area contributed by atoms with Crippen LogP contribution in [-0.4, -0.2) is 31.0 Å². The quantitative estimate of drug-likeness (QED) is 0.723. The number of rotatable bonds is 1. The van der Waals surface area contributed by atoms with E-state index in [0.29, 0.717) is 19.6 Å². The highest BCUT2D eigenvalue weighted by Crippen LogP contribution is 2.26. The Kier molecular flexibility index (Phi) is 3.10. The highest BCUT2D eigenvalue weighted by atomic mass is 16.5. The van der Waals surface area contributed by atoms with E-state index in [4.69, 9.17) is 10.5 Å². The third-order valence-corrected chi connectivity index (χ3v) is 2.84. The number of likely N-dealkylation sites (N-methyl/N-ethyl adjacent to an activating group) is 1. The number of nitrogens with two attached hydrogens (primary N) is 1. The van der Waals surface area contributed by atoms with Crippen molar-refractivity contribution in [3.63, 3.8) is 0 Å². The Balaban J connectivity index is 2.21. The highest BCUT2D eigenvalue weighted by Gasteiger charge is 2.23. The zero-order valence-corrected chi connectivity index (χ0v) is 9.35. The summed E-state index contributed by atoms with van der Waals surface area (Å²) in [4.78, 5) is 13.2. The summed E-state index contributed by atoms with van der Waals surface area (Å²) in [5.74, 6) is 0.122. The minimum Gasteiger partial charge on any atom is -0.398 e. The third-order valence-electron chi connectivity index (χ3n) is 2.84. The summed E-state index contributed by atoms with van der Waals surface area (Å²) in [6.45, 7) is 1.02. The predicted octanol–water partition coefficient (Wildman–Crippen LogP) is 1.19. The molecule has 0 bridgehead atoms. The Morgan fingerprint density at radius 2 is 2.19 bits per heavy atom. The summed E-state index contributed by atoms with van der Waals surface area (Å²) in [6.07, 6.45) is 0.331. The average molecular weight is 220 g/mol. The number of nitrogen functional groups attached to an aromatic ring is 1. The molecule has 4 heteroatoms. The fraction of sp³-hybridized carbons (Fsp3) is 0.417. The van der Waals surface area contributed by atoms with E-state index >= 15 is 0 Å². The molecule has 1 aromatic rings. The fourth-order valence-corrected chi connectivity index (χ4v) is 1.87. The van der Waals surface area contributed by atoms with Crippen LogP contribution in [0.4, 0.5) is 5.69 Å². The molecule has 1 amide bonds. The van der Waals surface area contributed by atoms with E-state index in [-0.39, 0.29) is 12.0 Å². The van der Waals surface area contributed by atoms with Crippen LogP contribution in [0.1, 0.15) is 18.1 Å². The summed E-state index contributed by atoms with van der Waals surface area (Å²) in [7, 11) is 1.79. The molecule has 1 aromatic carbocycles. The van der Waals surface area contributed by atoms with Gasteiger partial charge in [0.15, 0.2) is 0 Å². The molecule has 1 aliphatic rings. The van der Waals surface area contributed by atoms with Crippen LogP contribution >= 0.6 is 0 Å². The van der Waals surface area contributed by atoms with Crippen molar-refractivity contribution in [2.45, 2.75) is 12.5 Å². The lowest BCUT2D eigenvalue weighted by Gasteiger charge is -2.21. The first-order chi connectivity index (χ1) is 7.68. The van der Waals surface area contributed by atoms with E-state index in [2.05, 4.69) is 0 Å². The molecule has 1 atom stereocenters. The maximum atomic E-state index is 11.5. The second-order valence-electron chi connectivity index (χ2n) is 4.01. The second-order valence-corrected chi connectivity index (χ2v) is 4.01. The number of amides is 1. The molecule has 4 nitrogen and oxygen atoms in total. The minimum absolute atomic E-state index is 0.113. The molecule has 86 valence electrons. The van der Waals surface area contributed by atoms with Gasteiger partial charge < -0.3 is 15.4 Å². The van der Waals surface area contributed by atoms with Crippen LogP contribution in [0.2, 0.25) is 0 Å². The molecule has 1 unspecified atom stereocenters. The maximum Gasteiger partial charge on any atom is 0.224 e. The van der Waals surface area contributed by atoms with Crippen LogP contribution in [0, 0.1) is 0 Å². The van der Waals surface area contributed by atoms with Gasteiger partial charge in [0.1, 0.15) is 6.10 Å². The van der Waals surface area contributed by atoms with Gasteiger partial charge in [-0.3, -0.25) is 4.79 Å². The van der Waals surface area contributed by atoms with Gasteiger partial charge in [-0.15, -0.1) is 0 Å². The number of hydrogen-bond acceptors (Lipinski definition) is 3. The van der Waals surface area contributed by atoms with Crippen LogP contribution in [0.25, 0.3) is 0 Å². The van der Waals surface area contributed by atoms with Crippen molar-refractivity contribution in [2.24, 2.45) is 0 Å². The largest absolute Gasteiger partial charge is 0.398 e. The van der Waals surface area contributed by atoms with E-state index in [1.54, 1.807) is 11.9 Å². The molecule has 0 spiro atoms. The van der Waals surface area contributed by atoms with Gasteiger partial charge in [0.05, 0.1) is 19.6 Å². The highest BCUT2D eigenvalue weighted by molar-refractivity contribution is 5.76. The number of carbonyl (C=O) groups is 1. The van der Waals surface area contributed by atoms with Gasteiger partial charge in [-0.25, -0.2) is 0 Å². The van der Waals surface area contributed by atoms with E-state index in [9.17, 15) is 4.79 Å². The van der Waals surface area contributed by atoms with Crippen LogP contribution in [0.3, 0.4) is 0 Å². The molecular formula is C12H16N2O2. The van der Waals surface area contributed by atoms with E-state index in [1.807, 2.05) is 24.3 Å². The number of hydrogen-bond donors (Lipinski definition) is 1. The molecule has 1 saturated heterocycles.